The van der Waals surface area contributed by atoms with Gasteiger partial charge in [0.2, 0.25) is 5.75 Å². The van der Waals surface area contributed by atoms with Crippen molar-refractivity contribution in [2.75, 3.05) is 46.2 Å². The van der Waals surface area contributed by atoms with E-state index in [2.05, 4.69) is 5.32 Å². The first-order chi connectivity index (χ1) is 18.0. The van der Waals surface area contributed by atoms with Crippen molar-refractivity contribution < 1.29 is 48.9 Å². The molecule has 38 heavy (non-hydrogen) atoms. The number of carbonyl (C=O) groups is 1. The molecular weight excluding hydrogens is 498 g/mol. The molecule has 11 heteroatoms. The van der Waals surface area contributed by atoms with Crippen LogP contribution in [0.3, 0.4) is 0 Å². The molecule has 0 bridgehead atoms. The second-order valence-corrected chi connectivity index (χ2v) is 10.4. The Bertz CT molecular complexity index is 1160. The number of fused-ring (bicyclic) bond motifs is 5. The molecular formula is C27H35NO10. The largest absolute Gasteiger partial charge is 0.504 e. The minimum atomic E-state index is -0.855. The molecule has 1 heterocycles. The third-order valence-corrected chi connectivity index (χ3v) is 6.38. The topological polar surface area (TPSA) is 156 Å². The summed E-state index contributed by atoms with van der Waals surface area (Å²) in [4.78, 5) is 11.6. The summed E-state index contributed by atoms with van der Waals surface area (Å²) in [6.45, 7) is 7.31. The number of carbonyl (C=O) groups excluding carboxylic acids is 1. The summed E-state index contributed by atoms with van der Waals surface area (Å²) < 4.78 is 28.4. The average Bonchev–Trinajstić information content (AvgIpc) is 3.15. The maximum atomic E-state index is 11.6. The van der Waals surface area contributed by atoms with Crippen molar-refractivity contribution in [3.8, 4) is 28.7 Å². The van der Waals surface area contributed by atoms with Gasteiger partial charge in [-0.15, -0.1) is 0 Å². The maximum absolute atomic E-state index is 11.6. The summed E-state index contributed by atoms with van der Waals surface area (Å²) in [5.41, 5.74) is 0.757. The van der Waals surface area contributed by atoms with Crippen LogP contribution in [0.1, 0.15) is 43.4 Å². The Balaban J connectivity index is 1.28. The van der Waals surface area contributed by atoms with Gasteiger partial charge in [0, 0.05) is 24.4 Å². The highest BCUT2D eigenvalue weighted by Crippen LogP contribution is 2.57. The van der Waals surface area contributed by atoms with Crippen LogP contribution in [0.15, 0.2) is 24.3 Å². The van der Waals surface area contributed by atoms with Crippen molar-refractivity contribution in [2.45, 2.75) is 44.3 Å². The van der Waals surface area contributed by atoms with Gasteiger partial charge in [0.25, 0.3) is 0 Å². The lowest BCUT2D eigenvalue weighted by molar-refractivity contribution is -0.102. The van der Waals surface area contributed by atoms with Gasteiger partial charge >= 0.3 is 6.09 Å². The molecule has 0 aromatic heterocycles. The summed E-state index contributed by atoms with van der Waals surface area (Å²) in [6, 6.07) is 6.07. The molecule has 2 atom stereocenters. The highest BCUT2D eigenvalue weighted by atomic mass is 16.6. The number of amides is 1. The summed E-state index contributed by atoms with van der Waals surface area (Å²) >= 11 is 0. The lowest BCUT2D eigenvalue weighted by atomic mass is 9.80. The molecule has 4 rings (SSSR count). The van der Waals surface area contributed by atoms with Crippen molar-refractivity contribution in [3.63, 3.8) is 0 Å². The van der Waals surface area contributed by atoms with Gasteiger partial charge in [-0.1, -0.05) is 6.07 Å². The Kier molecular flexibility index (Phi) is 8.10. The van der Waals surface area contributed by atoms with Gasteiger partial charge in [0.1, 0.15) is 17.8 Å². The van der Waals surface area contributed by atoms with Crippen LogP contribution >= 0.6 is 0 Å². The average molecular weight is 534 g/mol. The molecule has 5 N–H and O–H groups in total. The number of benzene rings is 2. The third-order valence-electron chi connectivity index (χ3n) is 6.38. The van der Waals surface area contributed by atoms with Crippen molar-refractivity contribution in [2.24, 2.45) is 0 Å². The van der Waals surface area contributed by atoms with Gasteiger partial charge < -0.3 is 49.4 Å². The van der Waals surface area contributed by atoms with Crippen molar-refractivity contribution in [3.05, 3.63) is 41.0 Å². The number of phenolic OH excluding ortho intramolecular Hbond substituents is 4. The first-order valence-corrected chi connectivity index (χ1v) is 12.5. The molecule has 0 radical (unpaired) electrons. The summed E-state index contributed by atoms with van der Waals surface area (Å²) in [6.07, 6.45) is -0.0802. The Morgan fingerprint density at radius 3 is 2.39 bits per heavy atom. The van der Waals surface area contributed by atoms with Crippen LogP contribution in [0, 0.1) is 0 Å². The monoisotopic (exact) mass is 533 g/mol. The van der Waals surface area contributed by atoms with E-state index in [0.29, 0.717) is 38.3 Å². The molecule has 0 spiro atoms. The number of nitrogens with one attached hydrogen (secondary N) is 1. The third kappa shape index (κ3) is 6.01. The first kappa shape index (κ1) is 27.6. The zero-order valence-corrected chi connectivity index (χ0v) is 21.8. The van der Waals surface area contributed by atoms with E-state index >= 15 is 0 Å². The van der Waals surface area contributed by atoms with E-state index in [9.17, 15) is 25.2 Å². The second-order valence-electron chi connectivity index (χ2n) is 10.4. The number of aromatic hydroxyl groups is 4. The van der Waals surface area contributed by atoms with Crippen LogP contribution in [0.2, 0.25) is 0 Å². The van der Waals surface area contributed by atoms with Gasteiger partial charge in [-0.25, -0.2) is 4.79 Å². The van der Waals surface area contributed by atoms with Crippen LogP contribution in [-0.4, -0.2) is 83.9 Å². The van der Waals surface area contributed by atoms with E-state index in [1.807, 2.05) is 0 Å². The summed E-state index contributed by atoms with van der Waals surface area (Å²) in [5.74, 6) is -1.35. The van der Waals surface area contributed by atoms with Gasteiger partial charge in [-0.05, 0) is 50.1 Å². The highest BCUT2D eigenvalue weighted by molar-refractivity contribution is 5.67. The van der Waals surface area contributed by atoms with E-state index in [4.69, 9.17) is 23.7 Å². The van der Waals surface area contributed by atoms with Crippen molar-refractivity contribution in [1.82, 2.24) is 5.32 Å². The number of hydrogen-bond acceptors (Lipinski definition) is 10. The number of hydrogen-bond donors (Lipinski definition) is 5. The normalized spacial score (nSPS) is 19.7. The van der Waals surface area contributed by atoms with Crippen LogP contribution in [0.25, 0.3) is 0 Å². The van der Waals surface area contributed by atoms with E-state index in [-0.39, 0.29) is 48.6 Å². The van der Waals surface area contributed by atoms with E-state index in [0.717, 1.165) is 11.1 Å². The number of phenols is 4. The predicted octanol–water partition coefficient (Wildman–Crippen LogP) is 2.90. The molecule has 208 valence electrons. The summed E-state index contributed by atoms with van der Waals surface area (Å²) in [7, 11) is 0. The lowest BCUT2D eigenvalue weighted by Crippen LogP contribution is -2.47. The Morgan fingerprint density at radius 1 is 0.974 bits per heavy atom. The van der Waals surface area contributed by atoms with Crippen molar-refractivity contribution in [1.29, 1.82) is 0 Å². The quantitative estimate of drug-likeness (QED) is 0.227. The minimum Gasteiger partial charge on any atom is -0.504 e. The molecule has 1 aliphatic heterocycles. The highest BCUT2D eigenvalue weighted by Gasteiger charge is 2.53. The SMILES string of the molecule is CC(C)(C)OC(=O)NCCOCCOCCOC12COc3c(ccc(O)c3O)C1c1cc(O)c(O)cc1C2. The zero-order valence-electron chi connectivity index (χ0n) is 21.8. The lowest BCUT2D eigenvalue weighted by Gasteiger charge is -2.40. The first-order valence-electron chi connectivity index (χ1n) is 12.5. The molecule has 0 saturated heterocycles. The fraction of sp³-hybridized carbons (Fsp3) is 0.519. The van der Waals surface area contributed by atoms with Gasteiger partial charge in [0.05, 0.1) is 33.0 Å². The van der Waals surface area contributed by atoms with E-state index in [1.165, 1.54) is 18.2 Å². The molecule has 1 aliphatic carbocycles. The smallest absolute Gasteiger partial charge is 0.407 e. The maximum Gasteiger partial charge on any atom is 0.407 e. The Hall–Kier alpha value is -3.41. The van der Waals surface area contributed by atoms with Crippen LogP contribution in [0.5, 0.6) is 28.7 Å². The molecule has 11 nitrogen and oxygen atoms in total. The van der Waals surface area contributed by atoms with Crippen LogP contribution < -0.4 is 10.1 Å². The predicted molar refractivity (Wildman–Crippen MR) is 135 cm³/mol. The Labute approximate surface area is 220 Å². The minimum absolute atomic E-state index is 0.0889. The molecule has 2 aromatic rings. The molecule has 0 fully saturated rings. The fourth-order valence-corrected chi connectivity index (χ4v) is 4.84. The fourth-order valence-electron chi connectivity index (χ4n) is 4.84. The number of ether oxygens (including phenoxy) is 5. The van der Waals surface area contributed by atoms with E-state index < -0.39 is 23.2 Å². The number of rotatable bonds is 10. The van der Waals surface area contributed by atoms with E-state index in [1.54, 1.807) is 26.8 Å². The Morgan fingerprint density at radius 2 is 1.66 bits per heavy atom. The van der Waals surface area contributed by atoms with Crippen molar-refractivity contribution >= 4 is 6.09 Å². The van der Waals surface area contributed by atoms with Gasteiger partial charge in [-0.2, -0.15) is 0 Å². The van der Waals surface area contributed by atoms with Crippen LogP contribution in [-0.2, 0) is 25.4 Å². The summed E-state index contributed by atoms with van der Waals surface area (Å²) in [5, 5.41) is 43.1. The number of alkyl carbamates (subject to hydrolysis) is 1. The standard InChI is InChI=1S/C27H35NO10/c1-26(2,3)38-25(33)28-6-7-34-8-9-35-10-11-37-27-14-16-12-20(30)21(31)13-18(16)22(27)17-4-5-19(29)23(32)24(17)36-15-27/h4-5,12-13,22,29-32H,6-11,14-15H2,1-3H3,(H,28,33). The van der Waals surface area contributed by atoms with Crippen LogP contribution in [0.4, 0.5) is 4.79 Å². The molecule has 2 aromatic carbocycles. The molecule has 2 unspecified atom stereocenters. The van der Waals surface area contributed by atoms with Gasteiger partial charge in [0.15, 0.2) is 23.0 Å². The van der Waals surface area contributed by atoms with Gasteiger partial charge in [-0.3, -0.25) is 0 Å². The molecule has 0 saturated carbocycles. The molecule has 1 amide bonds. The zero-order chi connectivity index (χ0) is 27.5. The second kappa shape index (κ2) is 11.1. The molecule has 2 aliphatic rings.